The number of cyclic esters (lactones) is 1. The van der Waals surface area contributed by atoms with E-state index in [0.717, 1.165) is 5.56 Å². The number of fused-ring (bicyclic) bond motifs is 2. The Bertz CT molecular complexity index is 1150. The Morgan fingerprint density at radius 3 is 2.62 bits per heavy atom. The quantitative estimate of drug-likeness (QED) is 0.332. The fourth-order valence-corrected chi connectivity index (χ4v) is 6.90. The number of aryl methyl sites for hydroxylation is 1. The largest absolute Gasteiger partial charge is 0.461 e. The topological polar surface area (TPSA) is 96.4 Å². The number of amides is 2. The van der Waals surface area contributed by atoms with E-state index in [9.17, 15) is 19.5 Å². The first-order chi connectivity index (χ1) is 17.8. The minimum Gasteiger partial charge on any atom is -0.461 e. The summed E-state index contributed by atoms with van der Waals surface area (Å²) in [5, 5.41) is 9.67. The van der Waals surface area contributed by atoms with E-state index in [1.165, 1.54) is 0 Å². The molecule has 2 fully saturated rings. The number of para-hydroxylation sites is 1. The molecule has 0 aromatic heterocycles. The number of carbonyl (C=O) groups is 3. The van der Waals surface area contributed by atoms with Gasteiger partial charge in [0, 0.05) is 19.7 Å². The fourth-order valence-electron chi connectivity index (χ4n) is 6.57. The maximum atomic E-state index is 14.4. The van der Waals surface area contributed by atoms with Crippen molar-refractivity contribution >= 4 is 35.1 Å². The zero-order chi connectivity index (χ0) is 26.4. The lowest BCUT2D eigenvalue weighted by atomic mass is 9.73. The molecule has 0 saturated carbocycles. The molecule has 5 rings (SSSR count). The van der Waals surface area contributed by atoms with Crippen LogP contribution in [0, 0.1) is 18.8 Å². The third-order valence-electron chi connectivity index (χ3n) is 8.21. The van der Waals surface area contributed by atoms with Gasteiger partial charge in [0.2, 0.25) is 5.91 Å². The number of unbranched alkanes of at least 4 members (excludes halogenated alkanes) is 2. The van der Waals surface area contributed by atoms with Crippen molar-refractivity contribution in [3.8, 4) is 0 Å². The Hall–Kier alpha value is -2.68. The highest BCUT2D eigenvalue weighted by Crippen LogP contribution is 2.58. The number of halogens is 1. The molecule has 1 aromatic carbocycles. The lowest BCUT2D eigenvalue weighted by molar-refractivity contribution is -0.157. The highest BCUT2D eigenvalue weighted by atomic mass is 35.5. The van der Waals surface area contributed by atoms with E-state index in [-0.39, 0.29) is 31.6 Å². The molecular formula is C28H33ClN2O6. The van der Waals surface area contributed by atoms with E-state index in [1.807, 2.05) is 44.2 Å². The first-order valence-corrected chi connectivity index (χ1v) is 13.4. The van der Waals surface area contributed by atoms with Crippen molar-refractivity contribution in [2.75, 3.05) is 31.2 Å². The van der Waals surface area contributed by atoms with Gasteiger partial charge in [-0.05, 0) is 50.3 Å². The second kappa shape index (κ2) is 9.89. The maximum Gasteiger partial charge on any atom is 0.313 e. The Labute approximate surface area is 221 Å². The third-order valence-corrected chi connectivity index (χ3v) is 8.52. The summed E-state index contributed by atoms with van der Waals surface area (Å²) < 4.78 is 12.3. The number of benzene rings is 1. The monoisotopic (exact) mass is 528 g/mol. The number of esters is 1. The van der Waals surface area contributed by atoms with Gasteiger partial charge in [-0.15, -0.1) is 0 Å². The summed E-state index contributed by atoms with van der Waals surface area (Å²) in [5.41, 5.74) is -0.926. The predicted molar refractivity (Wildman–Crippen MR) is 138 cm³/mol. The maximum absolute atomic E-state index is 14.4. The van der Waals surface area contributed by atoms with Gasteiger partial charge in [-0.1, -0.05) is 48.9 Å². The van der Waals surface area contributed by atoms with Crippen molar-refractivity contribution in [3.05, 3.63) is 53.1 Å². The molecule has 37 heavy (non-hydrogen) atoms. The molecule has 4 aliphatic rings. The van der Waals surface area contributed by atoms with Gasteiger partial charge < -0.3 is 24.4 Å². The number of likely N-dealkylation sites (tertiary alicyclic amines) is 1. The van der Waals surface area contributed by atoms with E-state index >= 15 is 0 Å². The van der Waals surface area contributed by atoms with Gasteiger partial charge in [0.05, 0.1) is 16.6 Å². The molecule has 8 nitrogen and oxygen atoms in total. The van der Waals surface area contributed by atoms with Crippen LogP contribution in [0.2, 0.25) is 5.02 Å². The average molecular weight is 529 g/mol. The molecule has 1 unspecified atom stereocenters. The summed E-state index contributed by atoms with van der Waals surface area (Å²) >= 11 is 6.57. The van der Waals surface area contributed by atoms with Crippen molar-refractivity contribution in [2.45, 2.75) is 56.8 Å². The minimum atomic E-state index is -1.32. The number of aliphatic hydroxyl groups is 1. The Morgan fingerprint density at radius 1 is 1.08 bits per heavy atom. The number of hydrogen-bond acceptors (Lipinski definition) is 6. The number of carbonyl (C=O) groups excluding carboxylic acids is 3. The van der Waals surface area contributed by atoms with Crippen LogP contribution in [0.15, 0.2) is 42.5 Å². The van der Waals surface area contributed by atoms with Crippen LogP contribution < -0.4 is 4.90 Å². The van der Waals surface area contributed by atoms with E-state index < -0.39 is 35.0 Å². The fraction of sp³-hybridized carbons (Fsp3) is 0.536. The van der Waals surface area contributed by atoms with Crippen molar-refractivity contribution in [1.29, 1.82) is 0 Å². The first kappa shape index (κ1) is 25.9. The van der Waals surface area contributed by atoms with Gasteiger partial charge in [0.25, 0.3) is 5.91 Å². The molecule has 9 heteroatoms. The number of hydrogen-bond donors (Lipinski definition) is 1. The number of nitrogens with zero attached hydrogens (tertiary/aromatic N) is 2. The van der Waals surface area contributed by atoms with Gasteiger partial charge in [0.15, 0.2) is 0 Å². The molecular weight excluding hydrogens is 496 g/mol. The summed E-state index contributed by atoms with van der Waals surface area (Å²) in [6.45, 7) is 4.57. The highest BCUT2D eigenvalue weighted by Gasteiger charge is 2.75. The molecule has 198 valence electrons. The molecule has 1 aromatic rings. The second-order valence-corrected chi connectivity index (χ2v) is 10.6. The first-order valence-electron chi connectivity index (χ1n) is 13.0. The molecule has 1 spiro atoms. The number of rotatable bonds is 7. The zero-order valence-electron chi connectivity index (χ0n) is 21.2. The smallest absolute Gasteiger partial charge is 0.313 e. The predicted octanol–water partition coefficient (Wildman–Crippen LogP) is 3.19. The number of aliphatic hydroxyl groups excluding tert-OH is 1. The SMILES string of the molecule is CC[C@@]12C=CCOC(=O)[C@@H]1[C@H]1C(=O)N(CCCCCO)C3C(=O)N(c4c(C)cccc4Cl)CC=C[C@@]31O2. The van der Waals surface area contributed by atoms with E-state index in [0.29, 0.717) is 42.9 Å². The van der Waals surface area contributed by atoms with Gasteiger partial charge >= 0.3 is 5.97 Å². The van der Waals surface area contributed by atoms with Crippen LogP contribution in [0.4, 0.5) is 5.69 Å². The number of anilines is 1. The van der Waals surface area contributed by atoms with Crippen LogP contribution >= 0.6 is 11.6 Å². The van der Waals surface area contributed by atoms with Crippen LogP contribution in [-0.2, 0) is 23.9 Å². The van der Waals surface area contributed by atoms with Crippen LogP contribution in [0.3, 0.4) is 0 Å². The van der Waals surface area contributed by atoms with Gasteiger partial charge in [0.1, 0.15) is 29.8 Å². The van der Waals surface area contributed by atoms with Crippen molar-refractivity contribution in [1.82, 2.24) is 4.90 Å². The van der Waals surface area contributed by atoms with Crippen LogP contribution in [0.1, 0.15) is 38.2 Å². The number of ether oxygens (including phenoxy) is 2. The molecule has 1 N–H and O–H groups in total. The summed E-state index contributed by atoms with van der Waals surface area (Å²) in [7, 11) is 0. The average Bonchev–Trinajstić information content (AvgIpc) is 3.15. The highest BCUT2D eigenvalue weighted by molar-refractivity contribution is 6.34. The van der Waals surface area contributed by atoms with Crippen LogP contribution in [0.25, 0.3) is 0 Å². The Morgan fingerprint density at radius 2 is 1.89 bits per heavy atom. The van der Waals surface area contributed by atoms with Crippen molar-refractivity contribution < 1.29 is 29.0 Å². The molecule has 0 radical (unpaired) electrons. The van der Waals surface area contributed by atoms with E-state index in [4.69, 9.17) is 21.1 Å². The standard InChI is InChI=1S/C28H33ClN2O6/c1-3-27-12-9-17-36-26(35)21(27)20-24(33)31(14-5-4-6-16-32)23-25(34)30(15-8-13-28(20,23)37-27)22-18(2)10-7-11-19(22)29/h7-13,20-21,23,32H,3-6,14-17H2,1-2H3/t20-,21-,23?,27+,28-/m0/s1. The van der Waals surface area contributed by atoms with Gasteiger partial charge in [-0.25, -0.2) is 0 Å². The zero-order valence-corrected chi connectivity index (χ0v) is 21.9. The lowest BCUT2D eigenvalue weighted by Gasteiger charge is -2.38. The Balaban J connectivity index is 1.63. The summed E-state index contributed by atoms with van der Waals surface area (Å²) in [4.78, 5) is 45.1. The van der Waals surface area contributed by atoms with Crippen molar-refractivity contribution in [3.63, 3.8) is 0 Å². The Kier molecular flexibility index (Phi) is 6.94. The molecule has 0 bridgehead atoms. The van der Waals surface area contributed by atoms with Crippen LogP contribution in [0.5, 0.6) is 0 Å². The van der Waals surface area contributed by atoms with Crippen molar-refractivity contribution in [2.24, 2.45) is 11.8 Å². The second-order valence-electron chi connectivity index (χ2n) is 10.2. The third kappa shape index (κ3) is 3.92. The molecule has 4 heterocycles. The molecule has 2 saturated heterocycles. The van der Waals surface area contributed by atoms with E-state index in [1.54, 1.807) is 21.9 Å². The van der Waals surface area contributed by atoms with Crippen LogP contribution in [-0.4, -0.2) is 71.3 Å². The van der Waals surface area contributed by atoms with E-state index in [2.05, 4.69) is 0 Å². The van der Waals surface area contributed by atoms with Gasteiger partial charge in [-0.3, -0.25) is 14.4 Å². The lowest BCUT2D eigenvalue weighted by Crippen LogP contribution is -2.56. The molecule has 0 aliphatic carbocycles. The molecule has 2 amide bonds. The molecule has 5 atom stereocenters. The van der Waals surface area contributed by atoms with Gasteiger partial charge in [-0.2, -0.15) is 0 Å². The summed E-state index contributed by atoms with van der Waals surface area (Å²) in [6, 6.07) is 4.50. The normalized spacial score (nSPS) is 32.6. The summed E-state index contributed by atoms with van der Waals surface area (Å²) in [6.07, 6.45) is 9.64. The summed E-state index contributed by atoms with van der Waals surface area (Å²) in [5.74, 6) is -2.80. The minimum absolute atomic E-state index is 0.0630. The molecule has 4 aliphatic heterocycles.